The zero-order valence-corrected chi connectivity index (χ0v) is 19.4. The fourth-order valence-electron chi connectivity index (χ4n) is 3.58. The molecule has 0 aromatic carbocycles. The number of pyridine rings is 1. The van der Waals surface area contributed by atoms with E-state index in [-0.39, 0.29) is 12.2 Å². The Morgan fingerprint density at radius 1 is 1.41 bits per heavy atom. The maximum atomic E-state index is 12.4. The minimum Gasteiger partial charge on any atom is -0.328 e. The standard InChI is InChI=1S/C21H26ClN5O4S/c1-2-3-8-23-21(28)31-32(29,30)10-7-17-18(11-14-4-5-14)25-26-20(17)27-9-6-15-12-16(22)13-24-19(15)27/h6,9,12-14H,2-5,7-8,10-11H2,1H3,(H,23,28)(H,25,26). The number of carbonyl (C=O) groups excluding carboxylic acids is 1. The number of halogens is 1. The lowest BCUT2D eigenvalue weighted by molar-refractivity contribution is 0.202. The third kappa shape index (κ3) is 5.42. The number of unbranched alkanes of at least 4 members (excludes halogenated alkanes) is 1. The molecule has 0 radical (unpaired) electrons. The average Bonchev–Trinajstić information content (AvgIpc) is 3.32. The molecule has 0 bridgehead atoms. The molecule has 32 heavy (non-hydrogen) atoms. The summed E-state index contributed by atoms with van der Waals surface area (Å²) in [5.74, 6) is 0.835. The normalized spacial score (nSPS) is 14.1. The molecule has 1 amide bonds. The van der Waals surface area contributed by atoms with Gasteiger partial charge in [0.25, 0.3) is 0 Å². The number of carbonyl (C=O) groups is 1. The monoisotopic (exact) mass is 479 g/mol. The summed E-state index contributed by atoms with van der Waals surface area (Å²) >= 11 is 6.05. The second-order valence-corrected chi connectivity index (χ2v) is 10.2. The van der Waals surface area contributed by atoms with Crippen LogP contribution in [0.4, 0.5) is 4.79 Å². The molecule has 1 aliphatic carbocycles. The third-order valence-corrected chi connectivity index (χ3v) is 6.76. The van der Waals surface area contributed by atoms with E-state index in [1.54, 1.807) is 6.20 Å². The predicted octanol–water partition coefficient (Wildman–Crippen LogP) is 3.75. The summed E-state index contributed by atoms with van der Waals surface area (Å²) in [7, 11) is -4.05. The van der Waals surface area contributed by atoms with E-state index >= 15 is 0 Å². The summed E-state index contributed by atoms with van der Waals surface area (Å²) in [6, 6.07) is 3.70. The lowest BCUT2D eigenvalue weighted by Gasteiger charge is -2.09. The number of aromatic nitrogens is 4. The molecule has 3 aromatic heterocycles. The summed E-state index contributed by atoms with van der Waals surface area (Å²) < 4.78 is 31.3. The molecular weight excluding hydrogens is 454 g/mol. The van der Waals surface area contributed by atoms with Crippen molar-refractivity contribution in [2.24, 2.45) is 5.92 Å². The van der Waals surface area contributed by atoms with Crippen LogP contribution in [-0.2, 0) is 27.1 Å². The molecule has 0 saturated heterocycles. The van der Waals surface area contributed by atoms with Gasteiger partial charge >= 0.3 is 16.2 Å². The Labute approximate surface area is 191 Å². The Bertz CT molecular complexity index is 1220. The van der Waals surface area contributed by atoms with Gasteiger partial charge < -0.3 is 9.50 Å². The van der Waals surface area contributed by atoms with E-state index in [4.69, 9.17) is 11.6 Å². The molecule has 3 aromatic rings. The second-order valence-electron chi connectivity index (χ2n) is 8.07. The van der Waals surface area contributed by atoms with E-state index in [1.165, 1.54) is 0 Å². The first kappa shape index (κ1) is 22.6. The second kappa shape index (κ2) is 9.50. The Morgan fingerprint density at radius 3 is 2.97 bits per heavy atom. The molecular formula is C21H26ClN5O4S. The van der Waals surface area contributed by atoms with Crippen molar-refractivity contribution in [1.82, 2.24) is 25.1 Å². The van der Waals surface area contributed by atoms with Crippen molar-refractivity contribution in [3.8, 4) is 5.82 Å². The number of hydrogen-bond donors (Lipinski definition) is 2. The number of nitrogens with zero attached hydrogens (tertiary/aromatic N) is 3. The number of amides is 1. The van der Waals surface area contributed by atoms with E-state index in [0.717, 1.165) is 48.7 Å². The van der Waals surface area contributed by atoms with Gasteiger partial charge in [-0.15, -0.1) is 0 Å². The zero-order valence-electron chi connectivity index (χ0n) is 17.8. The molecule has 11 heteroatoms. The van der Waals surface area contributed by atoms with Crippen LogP contribution in [0.25, 0.3) is 16.9 Å². The maximum Gasteiger partial charge on any atom is 0.422 e. The molecule has 0 atom stereocenters. The number of fused-ring (bicyclic) bond motifs is 1. The fourth-order valence-corrected chi connectivity index (χ4v) is 4.57. The minimum absolute atomic E-state index is 0.158. The van der Waals surface area contributed by atoms with Gasteiger partial charge in [0.15, 0.2) is 5.82 Å². The highest BCUT2D eigenvalue weighted by molar-refractivity contribution is 7.87. The SMILES string of the molecule is CCCCNC(=O)OS(=O)(=O)CCc1c(-n2ccc3cc(Cl)cnc32)n[nH]c1CC1CC1. The van der Waals surface area contributed by atoms with Gasteiger partial charge in [-0.3, -0.25) is 9.67 Å². The summed E-state index contributed by atoms with van der Waals surface area (Å²) in [6.07, 6.45) is 7.36. The zero-order chi connectivity index (χ0) is 22.7. The lowest BCUT2D eigenvalue weighted by Crippen LogP contribution is -2.29. The molecule has 3 heterocycles. The van der Waals surface area contributed by atoms with Crippen molar-refractivity contribution in [3.63, 3.8) is 0 Å². The first-order valence-corrected chi connectivity index (χ1v) is 12.7. The first-order chi connectivity index (χ1) is 15.4. The topological polar surface area (TPSA) is 119 Å². The van der Waals surface area contributed by atoms with Gasteiger partial charge in [0.1, 0.15) is 5.65 Å². The number of hydrogen-bond acceptors (Lipinski definition) is 6. The van der Waals surface area contributed by atoms with Crippen LogP contribution < -0.4 is 5.32 Å². The molecule has 0 aliphatic heterocycles. The van der Waals surface area contributed by atoms with E-state index in [2.05, 4.69) is 24.7 Å². The third-order valence-electron chi connectivity index (χ3n) is 5.45. The Kier molecular flexibility index (Phi) is 6.71. The summed E-state index contributed by atoms with van der Waals surface area (Å²) in [5.41, 5.74) is 2.36. The number of aromatic amines is 1. The Hall–Kier alpha value is -2.59. The van der Waals surface area contributed by atoms with Crippen molar-refractivity contribution in [3.05, 3.63) is 40.8 Å². The van der Waals surface area contributed by atoms with Gasteiger partial charge in [-0.05, 0) is 50.2 Å². The number of H-pyrrole nitrogens is 1. The quantitative estimate of drug-likeness (QED) is 0.337. The number of nitrogens with one attached hydrogen (secondary N) is 2. The summed E-state index contributed by atoms with van der Waals surface area (Å²) in [4.78, 5) is 16.2. The van der Waals surface area contributed by atoms with Gasteiger partial charge in [-0.2, -0.15) is 13.5 Å². The van der Waals surface area contributed by atoms with Gasteiger partial charge in [0.05, 0.1) is 10.8 Å². The minimum atomic E-state index is -4.05. The van der Waals surface area contributed by atoms with Gasteiger partial charge in [0, 0.05) is 35.6 Å². The van der Waals surface area contributed by atoms with Crippen LogP contribution in [0.15, 0.2) is 24.5 Å². The molecule has 1 aliphatic rings. The largest absolute Gasteiger partial charge is 0.422 e. The van der Waals surface area contributed by atoms with E-state index in [1.807, 2.05) is 29.8 Å². The summed E-state index contributed by atoms with van der Waals surface area (Å²) in [5, 5.41) is 11.4. The van der Waals surface area contributed by atoms with Crippen LogP contribution in [0.5, 0.6) is 0 Å². The average molecular weight is 480 g/mol. The Morgan fingerprint density at radius 2 is 2.22 bits per heavy atom. The van der Waals surface area contributed by atoms with E-state index < -0.39 is 16.2 Å². The van der Waals surface area contributed by atoms with Crippen LogP contribution >= 0.6 is 11.6 Å². The van der Waals surface area contributed by atoms with Crippen LogP contribution in [0.1, 0.15) is 43.9 Å². The fraction of sp³-hybridized carbons (Fsp3) is 0.476. The lowest BCUT2D eigenvalue weighted by atomic mass is 10.1. The summed E-state index contributed by atoms with van der Waals surface area (Å²) in [6.45, 7) is 2.35. The highest BCUT2D eigenvalue weighted by atomic mass is 35.5. The van der Waals surface area contributed by atoms with E-state index in [9.17, 15) is 13.2 Å². The molecule has 4 rings (SSSR count). The van der Waals surface area contributed by atoms with Crippen molar-refractivity contribution < 1.29 is 17.4 Å². The first-order valence-electron chi connectivity index (χ1n) is 10.8. The van der Waals surface area contributed by atoms with Crippen molar-refractivity contribution in [2.75, 3.05) is 12.3 Å². The molecule has 1 fully saturated rings. The van der Waals surface area contributed by atoms with Crippen LogP contribution in [0.2, 0.25) is 5.02 Å². The number of rotatable bonds is 10. The molecule has 0 unspecified atom stereocenters. The van der Waals surface area contributed by atoms with Crippen LogP contribution in [-0.4, -0.2) is 46.6 Å². The maximum absolute atomic E-state index is 12.4. The van der Waals surface area contributed by atoms with Gasteiger partial charge in [-0.1, -0.05) is 24.9 Å². The molecule has 2 N–H and O–H groups in total. The smallest absolute Gasteiger partial charge is 0.328 e. The molecule has 9 nitrogen and oxygen atoms in total. The van der Waals surface area contributed by atoms with Crippen LogP contribution in [0.3, 0.4) is 0 Å². The van der Waals surface area contributed by atoms with Gasteiger partial charge in [-0.25, -0.2) is 9.78 Å². The molecule has 172 valence electrons. The van der Waals surface area contributed by atoms with Crippen molar-refractivity contribution in [1.29, 1.82) is 0 Å². The highest BCUT2D eigenvalue weighted by Gasteiger charge is 2.27. The predicted molar refractivity (Wildman–Crippen MR) is 122 cm³/mol. The van der Waals surface area contributed by atoms with Gasteiger partial charge in [0.2, 0.25) is 0 Å². The van der Waals surface area contributed by atoms with E-state index in [0.29, 0.717) is 29.0 Å². The van der Waals surface area contributed by atoms with Crippen LogP contribution in [0, 0.1) is 5.92 Å². The van der Waals surface area contributed by atoms with Crippen molar-refractivity contribution >= 4 is 38.8 Å². The highest BCUT2D eigenvalue weighted by Crippen LogP contribution is 2.34. The molecule has 1 saturated carbocycles. The van der Waals surface area contributed by atoms with Crippen molar-refractivity contribution in [2.45, 2.75) is 45.4 Å². The Balaban J connectivity index is 1.55. The molecule has 0 spiro atoms.